The van der Waals surface area contributed by atoms with E-state index in [0.717, 1.165) is 0 Å². The Morgan fingerprint density at radius 1 is 1.25 bits per heavy atom. The second kappa shape index (κ2) is 7.81. The summed E-state index contributed by atoms with van der Waals surface area (Å²) in [7, 11) is 0. The molecule has 1 aromatic carbocycles. The minimum atomic E-state index is -1.23. The topological polar surface area (TPSA) is 75.7 Å². The maximum absolute atomic E-state index is 11.2. The van der Waals surface area contributed by atoms with Gasteiger partial charge in [0.1, 0.15) is 19.0 Å². The Morgan fingerprint density at radius 2 is 1.80 bits per heavy atom. The van der Waals surface area contributed by atoms with E-state index in [-0.39, 0.29) is 18.8 Å². The Morgan fingerprint density at radius 3 is 2.25 bits per heavy atom. The summed E-state index contributed by atoms with van der Waals surface area (Å²) in [6.45, 7) is 5.30. The Hall–Kier alpha value is -0.840. The van der Waals surface area contributed by atoms with E-state index in [1.807, 2.05) is 45.2 Å². The molecule has 0 radical (unpaired) electrons. The third kappa shape index (κ3) is 4.93. The molecular formula is C13H11I2O5-. The number of carbonyl (C=O) groups is 2. The van der Waals surface area contributed by atoms with Crippen LogP contribution in [0.15, 0.2) is 24.3 Å². The van der Waals surface area contributed by atoms with Crippen LogP contribution < -0.4 is 9.84 Å². The smallest absolute Gasteiger partial charge is 0.333 e. The number of ether oxygens (including phenoxy) is 2. The van der Waals surface area contributed by atoms with Crippen molar-refractivity contribution in [1.82, 2.24) is 0 Å². The molecule has 0 unspecified atom stereocenters. The van der Waals surface area contributed by atoms with Gasteiger partial charge in [0, 0.05) is 5.57 Å². The number of carboxylic acid groups (broad SMARTS) is 1. The van der Waals surface area contributed by atoms with Gasteiger partial charge in [-0.3, -0.25) is 0 Å². The molecule has 7 heteroatoms. The Kier molecular flexibility index (Phi) is 6.72. The molecule has 0 aliphatic carbocycles. The second-order valence-corrected chi connectivity index (χ2v) is 6.15. The average Bonchev–Trinajstić information content (AvgIpc) is 2.36. The lowest BCUT2D eigenvalue weighted by Crippen LogP contribution is -2.22. The quantitative estimate of drug-likeness (QED) is 0.257. The van der Waals surface area contributed by atoms with Gasteiger partial charge in [-0.25, -0.2) is 4.79 Å². The largest absolute Gasteiger partial charge is 0.545 e. The lowest BCUT2D eigenvalue weighted by atomic mass is 10.2. The van der Waals surface area contributed by atoms with Gasteiger partial charge < -0.3 is 19.4 Å². The van der Waals surface area contributed by atoms with Crippen molar-refractivity contribution in [1.29, 1.82) is 0 Å². The molecule has 0 aromatic heterocycles. The van der Waals surface area contributed by atoms with Gasteiger partial charge in [0.05, 0.1) is 13.1 Å². The van der Waals surface area contributed by atoms with E-state index in [2.05, 4.69) is 6.58 Å². The summed E-state index contributed by atoms with van der Waals surface area (Å²) in [4.78, 5) is 21.9. The molecular weight excluding hydrogens is 490 g/mol. The van der Waals surface area contributed by atoms with Gasteiger partial charge in [-0.15, -0.1) is 0 Å². The molecule has 0 aliphatic heterocycles. The van der Waals surface area contributed by atoms with Gasteiger partial charge in [0.25, 0.3) is 0 Å². The first kappa shape index (κ1) is 17.2. The monoisotopic (exact) mass is 501 g/mol. The Balaban J connectivity index is 2.63. The molecule has 0 fully saturated rings. The molecule has 108 valence electrons. The number of carboxylic acids is 1. The van der Waals surface area contributed by atoms with E-state index in [1.54, 1.807) is 6.92 Å². The third-order valence-electron chi connectivity index (χ3n) is 2.15. The van der Waals surface area contributed by atoms with Crippen LogP contribution in [0.2, 0.25) is 0 Å². The highest BCUT2D eigenvalue weighted by molar-refractivity contribution is 14.1. The molecule has 0 saturated heterocycles. The fourth-order valence-electron chi connectivity index (χ4n) is 1.22. The number of rotatable bonds is 6. The number of hydrogen-bond acceptors (Lipinski definition) is 5. The lowest BCUT2D eigenvalue weighted by molar-refractivity contribution is -0.255. The van der Waals surface area contributed by atoms with Gasteiger partial charge in [-0.05, 0) is 69.8 Å². The summed E-state index contributed by atoms with van der Waals surface area (Å²) < 4.78 is 11.7. The molecule has 0 spiro atoms. The van der Waals surface area contributed by atoms with Crippen LogP contribution in [0.1, 0.15) is 17.3 Å². The van der Waals surface area contributed by atoms with Crippen LogP contribution in [0.5, 0.6) is 5.75 Å². The number of hydrogen-bond donors (Lipinski definition) is 0. The first-order chi connectivity index (χ1) is 9.32. The Bertz CT molecular complexity index is 531. The molecule has 1 rings (SSSR count). The molecule has 0 heterocycles. The summed E-state index contributed by atoms with van der Waals surface area (Å²) in [6.07, 6.45) is 0. The predicted molar refractivity (Wildman–Crippen MR) is 87.5 cm³/mol. The van der Waals surface area contributed by atoms with Crippen molar-refractivity contribution in [2.75, 3.05) is 13.2 Å². The van der Waals surface area contributed by atoms with Crippen LogP contribution in [0.3, 0.4) is 0 Å². The summed E-state index contributed by atoms with van der Waals surface area (Å²) in [5.41, 5.74) is 0.423. The normalized spacial score (nSPS) is 9.95. The van der Waals surface area contributed by atoms with Crippen molar-refractivity contribution in [2.45, 2.75) is 6.92 Å². The molecule has 0 N–H and O–H groups in total. The number of esters is 1. The van der Waals surface area contributed by atoms with E-state index in [1.165, 1.54) is 12.1 Å². The van der Waals surface area contributed by atoms with Crippen LogP contribution in [0.25, 0.3) is 0 Å². The molecule has 0 atom stereocenters. The SMILES string of the molecule is C=C(C)C(=O)OCCOc1c(I)cc(C(=O)[O-])cc1I. The lowest BCUT2D eigenvalue weighted by Gasteiger charge is -2.13. The highest BCUT2D eigenvalue weighted by Gasteiger charge is 2.10. The van der Waals surface area contributed by atoms with Crippen molar-refractivity contribution >= 4 is 57.1 Å². The van der Waals surface area contributed by atoms with Crippen molar-refractivity contribution in [2.24, 2.45) is 0 Å². The highest BCUT2D eigenvalue weighted by atomic mass is 127. The number of carbonyl (C=O) groups excluding carboxylic acids is 2. The Labute approximate surface area is 143 Å². The summed E-state index contributed by atoms with van der Waals surface area (Å²) in [6, 6.07) is 2.93. The van der Waals surface area contributed by atoms with Crippen LogP contribution in [-0.2, 0) is 9.53 Å². The van der Waals surface area contributed by atoms with E-state index < -0.39 is 11.9 Å². The van der Waals surface area contributed by atoms with E-state index in [4.69, 9.17) is 9.47 Å². The number of benzene rings is 1. The average molecular weight is 501 g/mol. The van der Waals surface area contributed by atoms with Crippen molar-refractivity contribution in [3.8, 4) is 5.75 Å². The maximum Gasteiger partial charge on any atom is 0.333 e. The van der Waals surface area contributed by atoms with E-state index in [0.29, 0.717) is 18.5 Å². The molecule has 20 heavy (non-hydrogen) atoms. The predicted octanol–water partition coefficient (Wildman–Crippen LogP) is 1.76. The zero-order chi connectivity index (χ0) is 15.3. The van der Waals surface area contributed by atoms with Crippen LogP contribution in [0.4, 0.5) is 0 Å². The first-order valence-corrected chi connectivity index (χ1v) is 7.64. The van der Waals surface area contributed by atoms with Gasteiger partial charge in [-0.1, -0.05) is 6.58 Å². The molecule has 0 bridgehead atoms. The van der Waals surface area contributed by atoms with E-state index >= 15 is 0 Å². The molecule has 0 saturated carbocycles. The molecule has 0 amide bonds. The van der Waals surface area contributed by atoms with Crippen LogP contribution >= 0.6 is 45.2 Å². The van der Waals surface area contributed by atoms with Gasteiger partial charge >= 0.3 is 5.97 Å². The van der Waals surface area contributed by atoms with Crippen molar-refractivity contribution in [3.05, 3.63) is 37.0 Å². The zero-order valence-electron chi connectivity index (χ0n) is 10.6. The summed E-state index contributed by atoms with van der Waals surface area (Å²) in [5, 5.41) is 10.8. The first-order valence-electron chi connectivity index (χ1n) is 5.48. The fourth-order valence-corrected chi connectivity index (χ4v) is 3.30. The number of halogens is 2. The highest BCUT2D eigenvalue weighted by Crippen LogP contribution is 2.28. The zero-order valence-corrected chi connectivity index (χ0v) is 14.9. The van der Waals surface area contributed by atoms with Gasteiger partial charge in [-0.2, -0.15) is 0 Å². The third-order valence-corrected chi connectivity index (χ3v) is 3.75. The maximum atomic E-state index is 11.2. The van der Waals surface area contributed by atoms with Crippen LogP contribution in [0, 0.1) is 7.14 Å². The van der Waals surface area contributed by atoms with E-state index in [9.17, 15) is 14.7 Å². The minimum absolute atomic E-state index is 0.0971. The standard InChI is InChI=1S/C13H12I2O5/c1-7(2)13(18)20-4-3-19-11-9(14)5-8(12(16)17)6-10(11)15/h5-6H,1,3-4H2,2H3,(H,16,17)/p-1. The summed E-state index contributed by atoms with van der Waals surface area (Å²) in [5.74, 6) is -1.14. The van der Waals surface area contributed by atoms with Crippen LogP contribution in [-0.4, -0.2) is 25.2 Å². The second-order valence-electron chi connectivity index (χ2n) is 3.82. The number of aromatic carboxylic acids is 1. The minimum Gasteiger partial charge on any atom is -0.545 e. The van der Waals surface area contributed by atoms with Gasteiger partial charge in [0.15, 0.2) is 0 Å². The molecule has 1 aromatic rings. The van der Waals surface area contributed by atoms with Crippen molar-refractivity contribution < 1.29 is 24.2 Å². The van der Waals surface area contributed by atoms with Gasteiger partial charge in [0.2, 0.25) is 0 Å². The fraction of sp³-hybridized carbons (Fsp3) is 0.231. The molecule has 5 nitrogen and oxygen atoms in total. The van der Waals surface area contributed by atoms with Crippen molar-refractivity contribution in [3.63, 3.8) is 0 Å². The molecule has 0 aliphatic rings. The summed E-state index contributed by atoms with van der Waals surface area (Å²) >= 11 is 3.96.